The third kappa shape index (κ3) is 5.90. The first kappa shape index (κ1) is 24.7. The number of carbonyl (C=O) groups excluding carboxylic acids is 1. The van der Waals surface area contributed by atoms with Crippen molar-refractivity contribution in [2.45, 2.75) is 18.7 Å². The molecule has 0 saturated carbocycles. The van der Waals surface area contributed by atoms with Crippen molar-refractivity contribution >= 4 is 50.2 Å². The Labute approximate surface area is 203 Å². The molecule has 0 atom stereocenters. The number of aryl methyl sites for hydroxylation is 1. The summed E-state index contributed by atoms with van der Waals surface area (Å²) in [6.45, 7) is 3.26. The number of ketones is 1. The number of sulfone groups is 1. The molecule has 0 fully saturated rings. The molecule has 0 aliphatic carbocycles. The lowest BCUT2D eigenvalue weighted by atomic mass is 9.96. The van der Waals surface area contributed by atoms with E-state index < -0.39 is 9.84 Å². The van der Waals surface area contributed by atoms with E-state index in [1.807, 2.05) is 31.2 Å². The number of hydrogen-bond acceptors (Lipinski definition) is 5. The largest absolute Gasteiger partial charge is 0.396 e. The number of halogens is 2. The Bertz CT molecular complexity index is 1390. The van der Waals surface area contributed by atoms with Gasteiger partial charge in [0.05, 0.1) is 26.3 Å². The van der Waals surface area contributed by atoms with Crippen LogP contribution >= 0.6 is 23.2 Å². The van der Waals surface area contributed by atoms with Crippen molar-refractivity contribution in [1.29, 1.82) is 0 Å². The van der Waals surface area contributed by atoms with E-state index in [1.165, 1.54) is 19.3 Å². The molecule has 0 aliphatic rings. The van der Waals surface area contributed by atoms with Gasteiger partial charge in [-0.25, -0.2) is 13.4 Å². The van der Waals surface area contributed by atoms with Crippen LogP contribution in [0.1, 0.15) is 18.1 Å². The van der Waals surface area contributed by atoms with Crippen molar-refractivity contribution < 1.29 is 13.2 Å². The molecular formula is C25H22Cl2N2O3S. The van der Waals surface area contributed by atoms with E-state index in [2.05, 4.69) is 4.99 Å². The average molecular weight is 501 g/mol. The first-order chi connectivity index (χ1) is 15.5. The van der Waals surface area contributed by atoms with Gasteiger partial charge in [-0.1, -0.05) is 59.6 Å². The zero-order valence-corrected chi connectivity index (χ0v) is 20.6. The SMILES string of the molecule is CC(=O)C(N)=CC(=Nc1c(Cl)cccc1Cl)c1ccc(-c2cccc(S(C)(=O)=O)c2)cc1C. The third-order valence-corrected chi connectivity index (χ3v) is 6.69. The highest BCUT2D eigenvalue weighted by molar-refractivity contribution is 7.90. The molecule has 170 valence electrons. The number of aliphatic imine (C=N–C) groups is 1. The maximum Gasteiger partial charge on any atom is 0.175 e. The molecule has 0 aliphatic heterocycles. The summed E-state index contributed by atoms with van der Waals surface area (Å²) < 4.78 is 23.9. The van der Waals surface area contributed by atoms with Gasteiger partial charge in [-0.3, -0.25) is 4.79 Å². The predicted molar refractivity (Wildman–Crippen MR) is 135 cm³/mol. The van der Waals surface area contributed by atoms with Gasteiger partial charge in [-0.2, -0.15) is 0 Å². The van der Waals surface area contributed by atoms with Crippen molar-refractivity contribution in [2.24, 2.45) is 10.7 Å². The van der Waals surface area contributed by atoms with E-state index in [-0.39, 0.29) is 16.4 Å². The second-order valence-corrected chi connectivity index (χ2v) is 10.4. The van der Waals surface area contributed by atoms with E-state index in [0.717, 1.165) is 22.3 Å². The number of rotatable bonds is 6. The fourth-order valence-electron chi connectivity index (χ4n) is 3.17. The zero-order chi connectivity index (χ0) is 24.3. The molecular weight excluding hydrogens is 479 g/mol. The van der Waals surface area contributed by atoms with E-state index in [4.69, 9.17) is 28.9 Å². The Kier molecular flexibility index (Phi) is 7.42. The molecule has 5 nitrogen and oxygen atoms in total. The Morgan fingerprint density at radius 1 is 0.970 bits per heavy atom. The van der Waals surface area contributed by atoms with Crippen LogP contribution in [0.4, 0.5) is 5.69 Å². The van der Waals surface area contributed by atoms with Crippen LogP contribution < -0.4 is 5.73 Å². The van der Waals surface area contributed by atoms with Crippen LogP contribution in [0.15, 0.2) is 82.3 Å². The Balaban J connectivity index is 2.16. The highest BCUT2D eigenvalue weighted by Gasteiger charge is 2.13. The van der Waals surface area contributed by atoms with E-state index in [9.17, 15) is 13.2 Å². The van der Waals surface area contributed by atoms with Gasteiger partial charge < -0.3 is 5.73 Å². The van der Waals surface area contributed by atoms with Gasteiger partial charge in [0, 0.05) is 18.7 Å². The molecule has 33 heavy (non-hydrogen) atoms. The number of Topliss-reactive ketones (excluding diaryl/α,β-unsaturated/α-hetero) is 1. The molecule has 0 amide bonds. The van der Waals surface area contributed by atoms with Crippen LogP contribution in [0, 0.1) is 6.92 Å². The summed E-state index contributed by atoms with van der Waals surface area (Å²) in [6, 6.07) is 17.4. The molecule has 3 aromatic carbocycles. The highest BCUT2D eigenvalue weighted by atomic mass is 35.5. The number of nitrogens with two attached hydrogens (primary N) is 1. The van der Waals surface area contributed by atoms with Crippen molar-refractivity contribution in [3.63, 3.8) is 0 Å². The highest BCUT2D eigenvalue weighted by Crippen LogP contribution is 2.34. The van der Waals surface area contributed by atoms with Gasteiger partial charge in [0.15, 0.2) is 15.6 Å². The minimum atomic E-state index is -3.33. The summed E-state index contributed by atoms with van der Waals surface area (Å²) in [7, 11) is -3.33. The second-order valence-electron chi connectivity index (χ2n) is 7.55. The first-order valence-corrected chi connectivity index (χ1v) is 12.5. The minimum absolute atomic E-state index is 0.0428. The summed E-state index contributed by atoms with van der Waals surface area (Å²) in [4.78, 5) is 16.7. The van der Waals surface area contributed by atoms with Crippen LogP contribution in [-0.4, -0.2) is 26.2 Å². The Morgan fingerprint density at radius 3 is 2.15 bits per heavy atom. The fourth-order valence-corrected chi connectivity index (χ4v) is 4.32. The molecule has 0 saturated heterocycles. The number of para-hydroxylation sites is 1. The average Bonchev–Trinajstić information content (AvgIpc) is 2.75. The second kappa shape index (κ2) is 9.91. The van der Waals surface area contributed by atoms with Crippen molar-refractivity contribution in [3.05, 3.63) is 93.6 Å². The number of benzene rings is 3. The Hall–Kier alpha value is -2.93. The van der Waals surface area contributed by atoms with Crippen LogP contribution in [0.3, 0.4) is 0 Å². The Morgan fingerprint density at radius 2 is 1.58 bits per heavy atom. The molecule has 0 heterocycles. The lowest BCUT2D eigenvalue weighted by Gasteiger charge is -2.12. The maximum atomic E-state index is 11.9. The fraction of sp³-hybridized carbons (Fsp3) is 0.120. The quantitative estimate of drug-likeness (QED) is 0.335. The van der Waals surface area contributed by atoms with E-state index >= 15 is 0 Å². The van der Waals surface area contributed by atoms with Gasteiger partial charge in [-0.05, 0) is 54.0 Å². The summed E-state index contributed by atoms with van der Waals surface area (Å²) in [5, 5.41) is 0.725. The van der Waals surface area contributed by atoms with Crippen LogP contribution in [0.2, 0.25) is 10.0 Å². The molecule has 0 spiro atoms. The van der Waals surface area contributed by atoms with E-state index in [1.54, 1.807) is 36.4 Å². The zero-order valence-electron chi connectivity index (χ0n) is 18.3. The molecule has 0 unspecified atom stereocenters. The van der Waals surface area contributed by atoms with Gasteiger partial charge in [0.25, 0.3) is 0 Å². The van der Waals surface area contributed by atoms with Crippen LogP contribution in [-0.2, 0) is 14.6 Å². The third-order valence-electron chi connectivity index (χ3n) is 4.97. The van der Waals surface area contributed by atoms with Crippen LogP contribution in [0.25, 0.3) is 11.1 Å². The predicted octanol–water partition coefficient (Wildman–Crippen LogP) is 5.92. The van der Waals surface area contributed by atoms with Gasteiger partial charge in [0.2, 0.25) is 0 Å². The molecule has 0 aromatic heterocycles. The maximum absolute atomic E-state index is 11.9. The van der Waals surface area contributed by atoms with Crippen molar-refractivity contribution in [3.8, 4) is 11.1 Å². The molecule has 3 rings (SSSR count). The van der Waals surface area contributed by atoms with Gasteiger partial charge in [0.1, 0.15) is 5.69 Å². The smallest absolute Gasteiger partial charge is 0.175 e. The summed E-state index contributed by atoms with van der Waals surface area (Å²) in [5.74, 6) is -0.292. The lowest BCUT2D eigenvalue weighted by molar-refractivity contribution is -0.113. The lowest BCUT2D eigenvalue weighted by Crippen LogP contribution is -2.11. The molecule has 3 aromatic rings. The molecule has 0 radical (unpaired) electrons. The standard InChI is InChI=1S/C25H22Cl2N2O3S/c1-15-12-18(17-6-4-7-19(13-17)33(3,31)32)10-11-20(15)24(14-23(28)16(2)30)29-25-21(26)8-5-9-22(25)27/h4-14H,28H2,1-3H3. The van der Waals surface area contributed by atoms with Crippen LogP contribution in [0.5, 0.6) is 0 Å². The number of nitrogens with zero attached hydrogens (tertiary/aromatic N) is 1. The summed E-state index contributed by atoms with van der Waals surface area (Å²) in [5.41, 5.74) is 9.91. The van der Waals surface area contributed by atoms with Crippen molar-refractivity contribution in [2.75, 3.05) is 6.26 Å². The molecule has 2 N–H and O–H groups in total. The number of allylic oxidation sites excluding steroid dienone is 2. The summed E-state index contributed by atoms with van der Waals surface area (Å²) >= 11 is 12.6. The normalized spacial score (nSPS) is 12.6. The first-order valence-electron chi connectivity index (χ1n) is 9.89. The molecule has 0 bridgehead atoms. The minimum Gasteiger partial charge on any atom is -0.396 e. The number of carbonyl (C=O) groups is 1. The summed E-state index contributed by atoms with van der Waals surface area (Å²) in [6.07, 6.45) is 2.67. The van der Waals surface area contributed by atoms with E-state index in [0.29, 0.717) is 21.4 Å². The van der Waals surface area contributed by atoms with Gasteiger partial charge in [-0.15, -0.1) is 0 Å². The number of hydrogen-bond donors (Lipinski definition) is 1. The van der Waals surface area contributed by atoms with Crippen molar-refractivity contribution in [1.82, 2.24) is 0 Å². The molecule has 8 heteroatoms. The topological polar surface area (TPSA) is 89.6 Å². The monoisotopic (exact) mass is 500 g/mol. The van der Waals surface area contributed by atoms with Gasteiger partial charge >= 0.3 is 0 Å².